The normalized spacial score (nSPS) is 13.6. The van der Waals surface area contributed by atoms with Gasteiger partial charge in [0.15, 0.2) is 0 Å². The van der Waals surface area contributed by atoms with Gasteiger partial charge in [-0.1, -0.05) is 44.2 Å². The van der Waals surface area contributed by atoms with Gasteiger partial charge in [0.25, 0.3) is 0 Å². The molecule has 0 atom stereocenters. The Morgan fingerprint density at radius 3 is 2.34 bits per heavy atom. The second-order valence-electron chi connectivity index (χ2n) is 9.72. The Morgan fingerprint density at radius 2 is 1.63 bits per heavy atom. The van der Waals surface area contributed by atoms with Crippen molar-refractivity contribution in [1.82, 2.24) is 20.8 Å². The Hall–Kier alpha value is -2.91. The summed E-state index contributed by atoms with van der Waals surface area (Å²) in [6.07, 6.45) is 13.9. The summed E-state index contributed by atoms with van der Waals surface area (Å²) in [5.41, 5.74) is 7.17. The fourth-order valence-corrected chi connectivity index (χ4v) is 4.37. The second-order valence-corrected chi connectivity index (χ2v) is 10.1. The maximum atomic E-state index is 12.3. The molecule has 9 nitrogen and oxygen atoms in total. The maximum absolute atomic E-state index is 12.3. The first kappa shape index (κ1) is 29.6. The number of anilines is 3. The summed E-state index contributed by atoms with van der Waals surface area (Å²) in [4.78, 5) is 32.7. The molecule has 3 rings (SSSR count). The molecule has 10 heteroatoms. The SMILES string of the molecule is CCCCNNC(=O)CCCCCCC(=O)Nc1ccc(Nc2ncc(Cl)c(OC3CCCCC3)n2)cc1. The molecule has 4 N–H and O–H groups in total. The van der Waals surface area contributed by atoms with E-state index >= 15 is 0 Å². The van der Waals surface area contributed by atoms with E-state index in [1.54, 1.807) is 6.20 Å². The van der Waals surface area contributed by atoms with Crippen LogP contribution in [0.25, 0.3) is 0 Å². The lowest BCUT2D eigenvalue weighted by Crippen LogP contribution is -2.37. The van der Waals surface area contributed by atoms with E-state index < -0.39 is 0 Å². The molecule has 208 valence electrons. The minimum atomic E-state index is -0.0193. The van der Waals surface area contributed by atoms with Crippen LogP contribution in [0.2, 0.25) is 5.02 Å². The molecule has 2 amide bonds. The van der Waals surface area contributed by atoms with Gasteiger partial charge >= 0.3 is 0 Å². The molecule has 0 unspecified atom stereocenters. The third kappa shape index (κ3) is 11.2. The summed E-state index contributed by atoms with van der Waals surface area (Å²) in [6.45, 7) is 2.91. The van der Waals surface area contributed by atoms with Gasteiger partial charge < -0.3 is 15.4 Å². The van der Waals surface area contributed by atoms with Crippen molar-refractivity contribution in [3.8, 4) is 5.88 Å². The van der Waals surface area contributed by atoms with Crippen molar-refractivity contribution in [3.05, 3.63) is 35.5 Å². The Bertz CT molecular complexity index is 999. The van der Waals surface area contributed by atoms with E-state index in [0.717, 1.165) is 69.3 Å². The zero-order valence-electron chi connectivity index (χ0n) is 22.4. The second kappa shape index (κ2) is 16.8. The molecule has 0 spiro atoms. The topological polar surface area (TPSA) is 117 Å². The van der Waals surface area contributed by atoms with Crippen molar-refractivity contribution in [2.45, 2.75) is 96.5 Å². The number of hydrogen-bond acceptors (Lipinski definition) is 7. The number of amides is 2. The number of hydrazine groups is 1. The number of nitrogens with one attached hydrogen (secondary N) is 4. The van der Waals surface area contributed by atoms with Gasteiger partial charge in [0.05, 0.1) is 6.20 Å². The molecule has 0 bridgehead atoms. The van der Waals surface area contributed by atoms with Crippen LogP contribution in [-0.4, -0.2) is 34.4 Å². The first-order chi connectivity index (χ1) is 18.5. The largest absolute Gasteiger partial charge is 0.473 e. The molecular weight excluding hydrogens is 504 g/mol. The van der Waals surface area contributed by atoms with Crippen LogP contribution in [0.4, 0.5) is 17.3 Å². The average Bonchev–Trinajstić information content (AvgIpc) is 2.92. The molecule has 0 saturated heterocycles. The Balaban J connectivity index is 1.33. The number of aromatic nitrogens is 2. The van der Waals surface area contributed by atoms with Crippen LogP contribution < -0.4 is 26.2 Å². The van der Waals surface area contributed by atoms with E-state index in [0.29, 0.717) is 29.7 Å². The minimum absolute atomic E-state index is 0.0193. The summed E-state index contributed by atoms with van der Waals surface area (Å²) in [6, 6.07) is 7.39. The van der Waals surface area contributed by atoms with Crippen LogP contribution in [0.1, 0.15) is 90.4 Å². The van der Waals surface area contributed by atoms with Crippen LogP contribution in [0.5, 0.6) is 5.88 Å². The van der Waals surface area contributed by atoms with E-state index in [2.05, 4.69) is 38.4 Å². The van der Waals surface area contributed by atoms with E-state index in [1.807, 2.05) is 24.3 Å². The van der Waals surface area contributed by atoms with Gasteiger partial charge in [0.1, 0.15) is 11.1 Å². The molecule has 0 radical (unpaired) electrons. The number of rotatable bonds is 16. The van der Waals surface area contributed by atoms with Crippen LogP contribution in [0.3, 0.4) is 0 Å². The number of nitrogens with zero attached hydrogens (tertiary/aromatic N) is 2. The van der Waals surface area contributed by atoms with E-state index in [4.69, 9.17) is 16.3 Å². The molecule has 1 aliphatic rings. The summed E-state index contributed by atoms with van der Waals surface area (Å²) in [7, 11) is 0. The molecule has 0 aliphatic heterocycles. The maximum Gasteiger partial charge on any atom is 0.237 e. The number of carbonyl (C=O) groups excluding carboxylic acids is 2. The van der Waals surface area contributed by atoms with Gasteiger partial charge in [0, 0.05) is 30.8 Å². The first-order valence-electron chi connectivity index (χ1n) is 13.9. The number of ether oxygens (including phenoxy) is 1. The molecule has 38 heavy (non-hydrogen) atoms. The Kier molecular flexibility index (Phi) is 13.1. The first-order valence-corrected chi connectivity index (χ1v) is 14.3. The van der Waals surface area contributed by atoms with Crippen molar-refractivity contribution in [1.29, 1.82) is 0 Å². The monoisotopic (exact) mass is 544 g/mol. The minimum Gasteiger partial charge on any atom is -0.473 e. The number of benzene rings is 1. The number of hydrogen-bond donors (Lipinski definition) is 4. The number of halogens is 1. The van der Waals surface area contributed by atoms with Gasteiger partial charge in [-0.15, -0.1) is 0 Å². The molecule has 1 saturated carbocycles. The molecule has 1 fully saturated rings. The predicted octanol–water partition coefficient (Wildman–Crippen LogP) is 6.29. The fourth-order valence-electron chi connectivity index (χ4n) is 4.24. The van der Waals surface area contributed by atoms with Gasteiger partial charge in [-0.3, -0.25) is 15.0 Å². The van der Waals surface area contributed by atoms with Crippen molar-refractivity contribution in [3.63, 3.8) is 0 Å². The van der Waals surface area contributed by atoms with Crippen molar-refractivity contribution >= 4 is 40.7 Å². The van der Waals surface area contributed by atoms with Crippen LogP contribution in [0, 0.1) is 0 Å². The quantitative estimate of drug-likeness (QED) is 0.145. The van der Waals surface area contributed by atoms with Gasteiger partial charge in [-0.2, -0.15) is 4.98 Å². The molecule has 2 aromatic rings. The Morgan fingerprint density at radius 1 is 0.947 bits per heavy atom. The summed E-state index contributed by atoms with van der Waals surface area (Å²) >= 11 is 6.25. The van der Waals surface area contributed by atoms with Gasteiger partial charge in [-0.25, -0.2) is 10.4 Å². The van der Waals surface area contributed by atoms with Crippen molar-refractivity contribution < 1.29 is 14.3 Å². The molecule has 1 aromatic heterocycles. The Labute approximate surface area is 230 Å². The number of carbonyl (C=O) groups is 2. The van der Waals surface area contributed by atoms with Crippen LogP contribution in [0.15, 0.2) is 30.5 Å². The lowest BCUT2D eigenvalue weighted by molar-refractivity contribution is -0.122. The summed E-state index contributed by atoms with van der Waals surface area (Å²) in [5, 5.41) is 6.49. The third-order valence-electron chi connectivity index (χ3n) is 6.41. The van der Waals surface area contributed by atoms with Crippen molar-refractivity contribution in [2.24, 2.45) is 0 Å². The summed E-state index contributed by atoms with van der Waals surface area (Å²) in [5.74, 6) is 0.812. The fraction of sp³-hybridized carbons (Fsp3) is 0.571. The highest BCUT2D eigenvalue weighted by Crippen LogP contribution is 2.28. The average molecular weight is 545 g/mol. The molecule has 1 aliphatic carbocycles. The lowest BCUT2D eigenvalue weighted by atomic mass is 9.98. The zero-order valence-corrected chi connectivity index (χ0v) is 23.1. The van der Waals surface area contributed by atoms with Crippen LogP contribution in [-0.2, 0) is 9.59 Å². The highest BCUT2D eigenvalue weighted by molar-refractivity contribution is 6.31. The highest BCUT2D eigenvalue weighted by atomic mass is 35.5. The third-order valence-corrected chi connectivity index (χ3v) is 6.67. The molecule has 1 aromatic carbocycles. The summed E-state index contributed by atoms with van der Waals surface area (Å²) < 4.78 is 6.02. The predicted molar refractivity (Wildman–Crippen MR) is 152 cm³/mol. The van der Waals surface area contributed by atoms with Crippen LogP contribution >= 0.6 is 11.6 Å². The standard InChI is InChI=1S/C28H41ClN6O3/c1-2-3-19-31-35-26(37)14-10-5-4-9-13-25(36)32-21-15-17-22(18-16-21)33-28-30-20-24(29)27(34-28)38-23-11-7-6-8-12-23/h15-18,20,23,31H,2-14,19H2,1H3,(H,32,36)(H,35,37)(H,30,33,34). The van der Waals surface area contributed by atoms with Gasteiger partial charge in [-0.05, 0) is 69.2 Å². The smallest absolute Gasteiger partial charge is 0.237 e. The van der Waals surface area contributed by atoms with E-state index in [1.165, 1.54) is 19.3 Å². The van der Waals surface area contributed by atoms with E-state index in [-0.39, 0.29) is 17.9 Å². The highest BCUT2D eigenvalue weighted by Gasteiger charge is 2.18. The van der Waals surface area contributed by atoms with Gasteiger partial charge in [0.2, 0.25) is 23.6 Å². The number of unbranched alkanes of at least 4 members (excludes halogenated alkanes) is 4. The molecular formula is C28H41ClN6O3. The lowest BCUT2D eigenvalue weighted by Gasteiger charge is -2.22. The van der Waals surface area contributed by atoms with E-state index in [9.17, 15) is 9.59 Å². The molecule has 1 heterocycles. The van der Waals surface area contributed by atoms with Crippen molar-refractivity contribution in [2.75, 3.05) is 17.2 Å². The zero-order chi connectivity index (χ0) is 27.0.